The molecule has 0 aliphatic rings. The van der Waals surface area contributed by atoms with E-state index in [0.29, 0.717) is 0 Å². The summed E-state index contributed by atoms with van der Waals surface area (Å²) in [5.41, 5.74) is 3.74. The molecule has 0 saturated heterocycles. The van der Waals surface area contributed by atoms with Gasteiger partial charge < -0.3 is 4.57 Å². The molecule has 29 heavy (non-hydrogen) atoms. The molecule has 0 aliphatic heterocycles. The SMILES string of the molecule is Ic1ccc2c(c1)c1cc(I)ccc1n2-c1cc2ccccc2c2ccccc12. The van der Waals surface area contributed by atoms with Gasteiger partial charge in [0, 0.05) is 23.3 Å². The first-order valence-corrected chi connectivity index (χ1v) is 11.7. The van der Waals surface area contributed by atoms with Gasteiger partial charge >= 0.3 is 0 Å². The highest BCUT2D eigenvalue weighted by Gasteiger charge is 2.16. The third-order valence-corrected chi connectivity index (χ3v) is 7.02. The van der Waals surface area contributed by atoms with Crippen LogP contribution in [0.2, 0.25) is 0 Å². The van der Waals surface area contributed by atoms with Crippen LogP contribution in [-0.2, 0) is 0 Å². The van der Waals surface area contributed by atoms with E-state index in [9.17, 15) is 0 Å². The van der Waals surface area contributed by atoms with Crippen molar-refractivity contribution in [2.24, 2.45) is 0 Å². The predicted octanol–water partition coefficient (Wildman–Crippen LogP) is 8.30. The maximum atomic E-state index is 2.44. The lowest BCUT2D eigenvalue weighted by Gasteiger charge is -2.14. The highest BCUT2D eigenvalue weighted by atomic mass is 127. The zero-order valence-corrected chi connectivity index (χ0v) is 19.7. The molecule has 0 radical (unpaired) electrons. The zero-order valence-electron chi connectivity index (χ0n) is 15.4. The van der Waals surface area contributed by atoms with Crippen LogP contribution in [0.25, 0.3) is 49.0 Å². The molecule has 0 spiro atoms. The van der Waals surface area contributed by atoms with Gasteiger partial charge in [-0.05, 0) is 104 Å². The van der Waals surface area contributed by atoms with Crippen LogP contribution in [0.3, 0.4) is 0 Å². The van der Waals surface area contributed by atoms with Crippen LogP contribution in [0.1, 0.15) is 0 Å². The lowest BCUT2D eigenvalue weighted by atomic mass is 10.00. The third-order valence-electron chi connectivity index (χ3n) is 5.68. The maximum absolute atomic E-state index is 2.44. The van der Waals surface area contributed by atoms with E-state index in [-0.39, 0.29) is 0 Å². The Kier molecular flexibility index (Phi) is 4.10. The summed E-state index contributed by atoms with van der Waals surface area (Å²) in [7, 11) is 0. The van der Waals surface area contributed by atoms with Crippen molar-refractivity contribution in [3.05, 3.63) is 98.1 Å². The summed E-state index contributed by atoms with van der Waals surface area (Å²) >= 11 is 4.82. The molecule has 5 aromatic carbocycles. The first-order chi connectivity index (χ1) is 14.2. The van der Waals surface area contributed by atoms with E-state index in [0.717, 1.165) is 0 Å². The van der Waals surface area contributed by atoms with E-state index in [2.05, 4.69) is 141 Å². The van der Waals surface area contributed by atoms with Crippen molar-refractivity contribution in [2.75, 3.05) is 0 Å². The lowest BCUT2D eigenvalue weighted by molar-refractivity contribution is 1.20. The molecule has 0 unspecified atom stereocenters. The minimum absolute atomic E-state index is 1.24. The van der Waals surface area contributed by atoms with Crippen LogP contribution < -0.4 is 0 Å². The molecule has 1 aromatic heterocycles. The number of hydrogen-bond acceptors (Lipinski definition) is 0. The average Bonchev–Trinajstić information content (AvgIpc) is 3.06. The van der Waals surface area contributed by atoms with E-state index < -0.39 is 0 Å². The van der Waals surface area contributed by atoms with Crippen molar-refractivity contribution in [1.29, 1.82) is 0 Å². The van der Waals surface area contributed by atoms with Gasteiger partial charge in [-0.2, -0.15) is 0 Å². The maximum Gasteiger partial charge on any atom is 0.0546 e. The van der Waals surface area contributed by atoms with E-state index in [4.69, 9.17) is 0 Å². The normalized spacial score (nSPS) is 11.8. The molecule has 1 nitrogen and oxygen atoms in total. The van der Waals surface area contributed by atoms with Crippen molar-refractivity contribution >= 4 is 88.5 Å². The summed E-state index contributed by atoms with van der Waals surface area (Å²) in [5.74, 6) is 0. The molecule has 0 bridgehead atoms. The third kappa shape index (κ3) is 2.70. The Bertz CT molecular complexity index is 1520. The van der Waals surface area contributed by atoms with E-state index in [1.165, 1.54) is 56.2 Å². The molecule has 138 valence electrons. The summed E-state index contributed by atoms with van der Waals surface area (Å²) in [6.45, 7) is 0. The molecule has 0 N–H and O–H groups in total. The van der Waals surface area contributed by atoms with Gasteiger partial charge in [-0.1, -0.05) is 48.5 Å². The molecule has 1 heterocycles. The first-order valence-electron chi connectivity index (χ1n) is 9.51. The number of nitrogens with zero attached hydrogens (tertiary/aromatic N) is 1. The second kappa shape index (κ2) is 6.71. The van der Waals surface area contributed by atoms with Gasteiger partial charge in [0.25, 0.3) is 0 Å². The van der Waals surface area contributed by atoms with Crippen LogP contribution in [0, 0.1) is 7.14 Å². The molecule has 0 aliphatic carbocycles. The molecular weight excluding hydrogens is 580 g/mol. The largest absolute Gasteiger partial charge is 0.309 e. The van der Waals surface area contributed by atoms with Gasteiger partial charge in [0.2, 0.25) is 0 Å². The fourth-order valence-corrected chi connectivity index (χ4v) is 5.43. The summed E-state index contributed by atoms with van der Waals surface area (Å²) < 4.78 is 4.96. The van der Waals surface area contributed by atoms with Crippen LogP contribution in [0.4, 0.5) is 0 Å². The number of fused-ring (bicyclic) bond motifs is 6. The monoisotopic (exact) mass is 595 g/mol. The molecule has 0 fully saturated rings. The molecule has 0 saturated carbocycles. The van der Waals surface area contributed by atoms with Crippen molar-refractivity contribution < 1.29 is 0 Å². The van der Waals surface area contributed by atoms with E-state index in [1.54, 1.807) is 0 Å². The Labute approximate surface area is 195 Å². The Morgan fingerprint density at radius 1 is 0.483 bits per heavy atom. The summed E-state index contributed by atoms with van der Waals surface area (Å²) in [6.07, 6.45) is 0. The fourth-order valence-electron chi connectivity index (χ4n) is 4.45. The number of benzene rings is 5. The average molecular weight is 595 g/mol. The number of aromatic nitrogens is 1. The van der Waals surface area contributed by atoms with Crippen molar-refractivity contribution in [3.8, 4) is 5.69 Å². The molecule has 0 atom stereocenters. The first kappa shape index (κ1) is 17.7. The van der Waals surface area contributed by atoms with Crippen molar-refractivity contribution in [1.82, 2.24) is 4.57 Å². The lowest BCUT2D eigenvalue weighted by Crippen LogP contribution is -1.96. The molecule has 6 aromatic rings. The fraction of sp³-hybridized carbons (Fsp3) is 0. The summed E-state index contributed by atoms with van der Waals surface area (Å²) in [6, 6.07) is 33.3. The Morgan fingerprint density at radius 3 is 1.69 bits per heavy atom. The molecule has 0 amide bonds. The standard InChI is InChI=1S/C26H15I2N/c27-17-9-11-24-22(14-17)23-15-18(28)10-12-25(23)29(24)26-13-16-5-1-2-6-19(16)20-7-3-4-8-21(20)26/h1-15H. The zero-order chi connectivity index (χ0) is 19.5. The summed E-state index contributed by atoms with van der Waals surface area (Å²) in [5, 5.41) is 7.77. The topological polar surface area (TPSA) is 4.93 Å². The molecule has 3 heteroatoms. The Hall–Kier alpha value is -2.12. The second-order valence-electron chi connectivity index (χ2n) is 7.32. The van der Waals surface area contributed by atoms with Crippen LogP contribution in [0.5, 0.6) is 0 Å². The Morgan fingerprint density at radius 2 is 1.03 bits per heavy atom. The van der Waals surface area contributed by atoms with Gasteiger partial charge in [0.05, 0.1) is 16.7 Å². The van der Waals surface area contributed by atoms with E-state index in [1.807, 2.05) is 0 Å². The highest BCUT2D eigenvalue weighted by Crippen LogP contribution is 2.38. The van der Waals surface area contributed by atoms with Crippen LogP contribution >= 0.6 is 45.2 Å². The van der Waals surface area contributed by atoms with Gasteiger partial charge in [-0.15, -0.1) is 0 Å². The quantitative estimate of drug-likeness (QED) is 0.133. The molecular formula is C26H15I2N. The van der Waals surface area contributed by atoms with E-state index >= 15 is 0 Å². The highest BCUT2D eigenvalue weighted by molar-refractivity contribution is 14.1. The number of rotatable bonds is 1. The second-order valence-corrected chi connectivity index (χ2v) is 9.81. The number of halogens is 2. The van der Waals surface area contributed by atoms with Gasteiger partial charge in [-0.25, -0.2) is 0 Å². The van der Waals surface area contributed by atoms with Crippen LogP contribution in [0.15, 0.2) is 91.0 Å². The Balaban J connectivity index is 1.86. The minimum Gasteiger partial charge on any atom is -0.309 e. The minimum atomic E-state index is 1.24. The van der Waals surface area contributed by atoms with Crippen molar-refractivity contribution in [3.63, 3.8) is 0 Å². The van der Waals surface area contributed by atoms with Gasteiger partial charge in [0.15, 0.2) is 0 Å². The van der Waals surface area contributed by atoms with Gasteiger partial charge in [-0.3, -0.25) is 0 Å². The van der Waals surface area contributed by atoms with Crippen LogP contribution in [-0.4, -0.2) is 4.57 Å². The smallest absolute Gasteiger partial charge is 0.0546 e. The van der Waals surface area contributed by atoms with Gasteiger partial charge in [0.1, 0.15) is 0 Å². The van der Waals surface area contributed by atoms with Crippen molar-refractivity contribution in [2.45, 2.75) is 0 Å². The predicted molar refractivity (Wildman–Crippen MR) is 141 cm³/mol. The number of hydrogen-bond donors (Lipinski definition) is 0. The summed E-state index contributed by atoms with van der Waals surface area (Å²) in [4.78, 5) is 0. The molecule has 6 rings (SSSR count).